The van der Waals surface area contributed by atoms with Crippen LogP contribution in [0.3, 0.4) is 0 Å². The molecule has 16 heavy (non-hydrogen) atoms. The number of aryl methyl sites for hydroxylation is 1. The van der Waals surface area contributed by atoms with Gasteiger partial charge < -0.3 is 4.57 Å². The summed E-state index contributed by atoms with van der Waals surface area (Å²) in [5.74, 6) is 0. The van der Waals surface area contributed by atoms with Crippen LogP contribution in [0.2, 0.25) is 5.02 Å². The lowest BCUT2D eigenvalue weighted by Crippen LogP contribution is -1.92. The Balaban J connectivity index is 2.15. The van der Waals surface area contributed by atoms with Crippen LogP contribution in [0.25, 0.3) is 11.1 Å². The number of nitrogens with zero attached hydrogens (tertiary/aromatic N) is 1. The molecule has 0 unspecified atom stereocenters. The Bertz CT molecular complexity index is 442. The summed E-state index contributed by atoms with van der Waals surface area (Å²) in [6, 6.07) is 10.1. The number of halogens is 1. The highest BCUT2D eigenvalue weighted by Gasteiger charge is 1.99. The zero-order valence-corrected chi connectivity index (χ0v) is 10.2. The van der Waals surface area contributed by atoms with E-state index < -0.39 is 0 Å². The highest BCUT2D eigenvalue weighted by molar-refractivity contribution is 6.30. The largest absolute Gasteiger partial charge is 0.354 e. The first kappa shape index (κ1) is 11.3. The maximum atomic E-state index is 5.87. The maximum Gasteiger partial charge on any atom is 0.0406 e. The summed E-state index contributed by atoms with van der Waals surface area (Å²) in [4.78, 5) is 0. The Morgan fingerprint density at radius 1 is 1.06 bits per heavy atom. The molecule has 0 atom stereocenters. The minimum absolute atomic E-state index is 0.786. The summed E-state index contributed by atoms with van der Waals surface area (Å²) in [5.41, 5.74) is 2.48. The number of benzene rings is 1. The fourth-order valence-corrected chi connectivity index (χ4v) is 1.86. The monoisotopic (exact) mass is 233 g/mol. The van der Waals surface area contributed by atoms with E-state index in [1.54, 1.807) is 0 Å². The van der Waals surface area contributed by atoms with Gasteiger partial charge in [-0.3, -0.25) is 0 Å². The van der Waals surface area contributed by atoms with Gasteiger partial charge in [-0.2, -0.15) is 0 Å². The first-order valence-corrected chi connectivity index (χ1v) is 6.09. The molecule has 84 valence electrons. The summed E-state index contributed by atoms with van der Waals surface area (Å²) in [7, 11) is 0. The second kappa shape index (κ2) is 5.22. The van der Waals surface area contributed by atoms with Crippen molar-refractivity contribution in [2.24, 2.45) is 0 Å². The third-order valence-electron chi connectivity index (χ3n) is 2.70. The molecule has 1 aromatic carbocycles. The van der Waals surface area contributed by atoms with Crippen LogP contribution in [-0.2, 0) is 6.54 Å². The van der Waals surface area contributed by atoms with E-state index in [2.05, 4.69) is 42.1 Å². The molecule has 0 saturated carbocycles. The molecule has 0 aliphatic heterocycles. The third kappa shape index (κ3) is 2.67. The van der Waals surface area contributed by atoms with Crippen molar-refractivity contribution in [1.29, 1.82) is 0 Å². The molecular formula is C14H16ClN. The lowest BCUT2D eigenvalue weighted by molar-refractivity contribution is 0.635. The second-order valence-electron chi connectivity index (χ2n) is 4.00. The van der Waals surface area contributed by atoms with Gasteiger partial charge in [-0.25, -0.2) is 0 Å². The lowest BCUT2D eigenvalue weighted by Gasteiger charge is -2.00. The molecule has 0 aliphatic carbocycles. The molecule has 0 saturated heterocycles. The number of unbranched alkanes of at least 4 members (excludes halogenated alkanes) is 1. The molecule has 1 heterocycles. The highest BCUT2D eigenvalue weighted by atomic mass is 35.5. The Hall–Kier alpha value is -1.21. The minimum Gasteiger partial charge on any atom is -0.354 e. The maximum absolute atomic E-state index is 5.87. The van der Waals surface area contributed by atoms with E-state index in [1.807, 2.05) is 12.1 Å². The topological polar surface area (TPSA) is 4.93 Å². The van der Waals surface area contributed by atoms with Gasteiger partial charge in [0.05, 0.1) is 0 Å². The van der Waals surface area contributed by atoms with Gasteiger partial charge in [0.2, 0.25) is 0 Å². The van der Waals surface area contributed by atoms with Crippen molar-refractivity contribution in [3.8, 4) is 11.1 Å². The smallest absolute Gasteiger partial charge is 0.0406 e. The molecule has 0 amide bonds. The fourth-order valence-electron chi connectivity index (χ4n) is 1.73. The predicted octanol–water partition coefficient (Wildman–Crippen LogP) is 4.61. The van der Waals surface area contributed by atoms with Gasteiger partial charge in [0.1, 0.15) is 0 Å². The third-order valence-corrected chi connectivity index (χ3v) is 2.95. The van der Waals surface area contributed by atoms with Gasteiger partial charge in [0.25, 0.3) is 0 Å². The summed E-state index contributed by atoms with van der Waals surface area (Å²) < 4.78 is 2.24. The van der Waals surface area contributed by atoms with Gasteiger partial charge in [-0.1, -0.05) is 37.1 Å². The normalized spacial score (nSPS) is 10.6. The van der Waals surface area contributed by atoms with Crippen molar-refractivity contribution in [3.05, 3.63) is 47.7 Å². The molecule has 0 N–H and O–H groups in total. The van der Waals surface area contributed by atoms with E-state index in [-0.39, 0.29) is 0 Å². The van der Waals surface area contributed by atoms with Gasteiger partial charge in [-0.15, -0.1) is 0 Å². The van der Waals surface area contributed by atoms with E-state index in [0.717, 1.165) is 11.6 Å². The average Bonchev–Trinajstić information content (AvgIpc) is 2.76. The van der Waals surface area contributed by atoms with Crippen LogP contribution < -0.4 is 0 Å². The molecule has 1 aromatic heterocycles. The molecule has 2 aromatic rings. The standard InChI is InChI=1S/C14H16ClN/c1-2-3-9-16-10-8-13(11-16)12-4-6-14(15)7-5-12/h4-8,10-11H,2-3,9H2,1H3. The summed E-state index contributed by atoms with van der Waals surface area (Å²) in [5, 5.41) is 0.786. The van der Waals surface area contributed by atoms with Crippen LogP contribution in [0.1, 0.15) is 19.8 Å². The molecule has 0 spiro atoms. The Morgan fingerprint density at radius 2 is 1.81 bits per heavy atom. The zero-order valence-electron chi connectivity index (χ0n) is 9.49. The predicted molar refractivity (Wildman–Crippen MR) is 69.8 cm³/mol. The molecule has 0 fully saturated rings. The van der Waals surface area contributed by atoms with Gasteiger partial charge in [0.15, 0.2) is 0 Å². The number of hydrogen-bond acceptors (Lipinski definition) is 0. The van der Waals surface area contributed by atoms with Gasteiger partial charge in [0, 0.05) is 24.0 Å². The Labute approximate surface area is 102 Å². The van der Waals surface area contributed by atoms with Crippen molar-refractivity contribution >= 4 is 11.6 Å². The van der Waals surface area contributed by atoms with Gasteiger partial charge >= 0.3 is 0 Å². The van der Waals surface area contributed by atoms with E-state index in [4.69, 9.17) is 11.6 Å². The van der Waals surface area contributed by atoms with E-state index in [0.29, 0.717) is 0 Å². The fraction of sp³-hybridized carbons (Fsp3) is 0.286. The van der Waals surface area contributed by atoms with E-state index in [1.165, 1.54) is 24.0 Å². The van der Waals surface area contributed by atoms with Crippen LogP contribution in [0.5, 0.6) is 0 Å². The van der Waals surface area contributed by atoms with Crippen LogP contribution in [-0.4, -0.2) is 4.57 Å². The van der Waals surface area contributed by atoms with Crippen molar-refractivity contribution in [1.82, 2.24) is 4.57 Å². The number of hydrogen-bond donors (Lipinski definition) is 0. The second-order valence-corrected chi connectivity index (χ2v) is 4.43. The molecular weight excluding hydrogens is 218 g/mol. The molecule has 2 rings (SSSR count). The first-order chi connectivity index (χ1) is 7.79. The van der Waals surface area contributed by atoms with Crippen LogP contribution in [0.4, 0.5) is 0 Å². The summed E-state index contributed by atoms with van der Waals surface area (Å²) >= 11 is 5.87. The summed E-state index contributed by atoms with van der Waals surface area (Å²) in [6.07, 6.45) is 6.79. The minimum atomic E-state index is 0.786. The molecule has 1 nitrogen and oxygen atoms in total. The SMILES string of the molecule is CCCCn1ccc(-c2ccc(Cl)cc2)c1. The average molecular weight is 234 g/mol. The zero-order chi connectivity index (χ0) is 11.4. The molecule has 0 aliphatic rings. The number of rotatable bonds is 4. The van der Waals surface area contributed by atoms with Crippen molar-refractivity contribution in [3.63, 3.8) is 0 Å². The van der Waals surface area contributed by atoms with Crippen molar-refractivity contribution in [2.75, 3.05) is 0 Å². The van der Waals surface area contributed by atoms with Crippen molar-refractivity contribution < 1.29 is 0 Å². The van der Waals surface area contributed by atoms with Gasteiger partial charge in [-0.05, 0) is 35.7 Å². The van der Waals surface area contributed by atoms with Crippen LogP contribution >= 0.6 is 11.6 Å². The van der Waals surface area contributed by atoms with Crippen LogP contribution in [0.15, 0.2) is 42.7 Å². The van der Waals surface area contributed by atoms with Crippen LogP contribution in [0, 0.1) is 0 Å². The summed E-state index contributed by atoms with van der Waals surface area (Å²) in [6.45, 7) is 3.31. The van der Waals surface area contributed by atoms with E-state index in [9.17, 15) is 0 Å². The molecule has 0 radical (unpaired) electrons. The molecule has 2 heteroatoms. The Morgan fingerprint density at radius 3 is 2.50 bits per heavy atom. The lowest BCUT2D eigenvalue weighted by atomic mass is 10.1. The number of aromatic nitrogens is 1. The Kier molecular flexibility index (Phi) is 3.68. The first-order valence-electron chi connectivity index (χ1n) is 5.71. The quantitative estimate of drug-likeness (QED) is 0.727. The highest BCUT2D eigenvalue weighted by Crippen LogP contribution is 2.21. The van der Waals surface area contributed by atoms with Crippen molar-refractivity contribution in [2.45, 2.75) is 26.3 Å². The van der Waals surface area contributed by atoms with E-state index >= 15 is 0 Å². The molecule has 0 bridgehead atoms.